The van der Waals surface area contributed by atoms with Gasteiger partial charge in [-0.25, -0.2) is 15.0 Å². The lowest BCUT2D eigenvalue weighted by molar-refractivity contribution is -0.0567. The lowest BCUT2D eigenvalue weighted by atomic mass is 10.2. The van der Waals surface area contributed by atoms with E-state index in [-0.39, 0.29) is 11.6 Å². The van der Waals surface area contributed by atoms with Crippen molar-refractivity contribution < 1.29 is 13.2 Å². The fourth-order valence-electron chi connectivity index (χ4n) is 3.34. The highest BCUT2D eigenvalue weighted by atomic mass is 19.4. The van der Waals surface area contributed by atoms with Gasteiger partial charge in [0.05, 0.1) is 11.4 Å². The fraction of sp³-hybridized carbons (Fsp3) is 0.400. The number of rotatable bonds is 5. The third-order valence-electron chi connectivity index (χ3n) is 5.20. The Morgan fingerprint density at radius 3 is 2.34 bits per heavy atom. The Morgan fingerprint density at radius 1 is 1.06 bits per heavy atom. The van der Waals surface area contributed by atoms with E-state index >= 15 is 0 Å². The minimum Gasteiger partial charge on any atom is -0.357 e. The van der Waals surface area contributed by atoms with E-state index in [1.54, 1.807) is 36.9 Å². The SMILES string of the molecule is CCN(CC)c1ccc(/N=C2/C(C(F)(F)F)=Nn3nc(-c4cc(C)n(C)n4)nc32)c(C)n1. The highest BCUT2D eigenvalue weighted by molar-refractivity contribution is 6.51. The third kappa shape index (κ3) is 3.76. The maximum atomic E-state index is 13.7. The standard InChI is InChI=1S/C20H22F3N9/c1-6-31(7-2)15-9-8-13(12(4)24-15)25-16-17(20(21,22)23)28-32-19(16)26-18(29-32)14-10-11(3)30(5)27-14/h8-10H,6-7H2,1-5H3/b25-16-. The van der Waals surface area contributed by atoms with Crippen molar-refractivity contribution in [3.8, 4) is 11.5 Å². The molecule has 0 bridgehead atoms. The van der Waals surface area contributed by atoms with Crippen LogP contribution in [0.15, 0.2) is 28.3 Å². The van der Waals surface area contributed by atoms with E-state index in [1.165, 1.54) is 0 Å². The predicted octanol–water partition coefficient (Wildman–Crippen LogP) is 3.44. The quantitative estimate of drug-likeness (QED) is 0.600. The fourth-order valence-corrected chi connectivity index (χ4v) is 3.34. The molecule has 4 heterocycles. The molecule has 3 aromatic heterocycles. The molecular formula is C20H22F3N9. The van der Waals surface area contributed by atoms with Crippen molar-refractivity contribution in [1.29, 1.82) is 0 Å². The summed E-state index contributed by atoms with van der Waals surface area (Å²) in [5, 5.41) is 12.0. The van der Waals surface area contributed by atoms with Crippen molar-refractivity contribution in [2.24, 2.45) is 17.1 Å². The Balaban J connectivity index is 1.79. The van der Waals surface area contributed by atoms with Crippen LogP contribution < -0.4 is 4.90 Å². The first kappa shape index (κ1) is 21.7. The molecule has 4 rings (SSSR count). The maximum Gasteiger partial charge on any atom is 0.437 e. The number of alkyl halides is 3. The van der Waals surface area contributed by atoms with Crippen LogP contribution in [-0.2, 0) is 7.05 Å². The summed E-state index contributed by atoms with van der Waals surface area (Å²) in [4.78, 5) is 15.9. The molecule has 0 atom stereocenters. The van der Waals surface area contributed by atoms with Gasteiger partial charge in [0.2, 0.25) is 11.6 Å². The summed E-state index contributed by atoms with van der Waals surface area (Å²) in [7, 11) is 1.76. The molecule has 32 heavy (non-hydrogen) atoms. The predicted molar refractivity (Wildman–Crippen MR) is 115 cm³/mol. The van der Waals surface area contributed by atoms with Gasteiger partial charge in [-0.15, -0.1) is 15.0 Å². The Bertz CT molecular complexity index is 1210. The van der Waals surface area contributed by atoms with Crippen LogP contribution in [0.1, 0.15) is 31.1 Å². The zero-order valence-electron chi connectivity index (χ0n) is 18.3. The number of aliphatic imine (C=N–C) groups is 1. The molecule has 0 aromatic carbocycles. The summed E-state index contributed by atoms with van der Waals surface area (Å²) in [6.45, 7) is 9.10. The molecule has 0 saturated carbocycles. The first-order valence-corrected chi connectivity index (χ1v) is 10.1. The summed E-state index contributed by atoms with van der Waals surface area (Å²) < 4.78 is 42.7. The molecule has 0 unspecified atom stereocenters. The minimum atomic E-state index is -4.72. The van der Waals surface area contributed by atoms with Crippen molar-refractivity contribution in [3.05, 3.63) is 35.4 Å². The second-order valence-electron chi connectivity index (χ2n) is 7.30. The summed E-state index contributed by atoms with van der Waals surface area (Å²) in [5.74, 6) is 0.819. The molecule has 0 saturated heterocycles. The first-order chi connectivity index (χ1) is 15.1. The van der Waals surface area contributed by atoms with Gasteiger partial charge in [0, 0.05) is 25.8 Å². The lowest BCUT2D eigenvalue weighted by Gasteiger charge is -2.20. The van der Waals surface area contributed by atoms with Crippen molar-refractivity contribution in [1.82, 2.24) is 29.6 Å². The van der Waals surface area contributed by atoms with Gasteiger partial charge in [0.15, 0.2) is 5.71 Å². The van der Waals surface area contributed by atoms with Crippen molar-refractivity contribution in [2.75, 3.05) is 18.0 Å². The summed E-state index contributed by atoms with van der Waals surface area (Å²) in [5.41, 5.74) is 0.559. The van der Waals surface area contributed by atoms with Crippen LogP contribution in [0.3, 0.4) is 0 Å². The number of hydrogen-bond acceptors (Lipinski definition) is 7. The number of aromatic nitrogens is 6. The topological polar surface area (TPSA) is 89.4 Å². The summed E-state index contributed by atoms with van der Waals surface area (Å²) in [6.07, 6.45) is -4.72. The van der Waals surface area contributed by atoms with Crippen molar-refractivity contribution in [2.45, 2.75) is 33.9 Å². The van der Waals surface area contributed by atoms with Gasteiger partial charge in [-0.05, 0) is 45.9 Å². The normalized spacial score (nSPS) is 14.8. The number of hydrogen-bond donors (Lipinski definition) is 0. The second-order valence-corrected chi connectivity index (χ2v) is 7.30. The van der Waals surface area contributed by atoms with Gasteiger partial charge >= 0.3 is 6.18 Å². The molecule has 1 aliphatic heterocycles. The Hall–Kier alpha value is -3.57. The smallest absolute Gasteiger partial charge is 0.357 e. The number of anilines is 1. The van der Waals surface area contributed by atoms with Crippen LogP contribution in [-0.4, -0.2) is 60.3 Å². The summed E-state index contributed by atoms with van der Waals surface area (Å²) >= 11 is 0. The molecule has 0 N–H and O–H groups in total. The third-order valence-corrected chi connectivity index (χ3v) is 5.20. The van der Waals surface area contributed by atoms with Gasteiger partial charge in [-0.1, -0.05) is 0 Å². The number of aryl methyl sites for hydroxylation is 3. The van der Waals surface area contributed by atoms with E-state index in [2.05, 4.69) is 30.3 Å². The average molecular weight is 445 g/mol. The molecule has 168 valence electrons. The second kappa shape index (κ2) is 7.84. The molecular weight excluding hydrogens is 423 g/mol. The highest BCUT2D eigenvalue weighted by Gasteiger charge is 2.45. The molecule has 0 spiro atoms. The number of nitrogens with zero attached hydrogens (tertiary/aromatic N) is 9. The molecule has 0 radical (unpaired) electrons. The van der Waals surface area contributed by atoms with E-state index in [0.29, 0.717) is 17.1 Å². The molecule has 1 aliphatic rings. The van der Waals surface area contributed by atoms with Gasteiger partial charge < -0.3 is 4.90 Å². The number of halogens is 3. The molecule has 0 fully saturated rings. The van der Waals surface area contributed by atoms with Crippen LogP contribution in [0.4, 0.5) is 24.7 Å². The van der Waals surface area contributed by atoms with Gasteiger partial charge in [-0.3, -0.25) is 4.68 Å². The van der Waals surface area contributed by atoms with E-state index in [0.717, 1.165) is 29.4 Å². The van der Waals surface area contributed by atoms with E-state index < -0.39 is 17.6 Å². The zero-order valence-corrected chi connectivity index (χ0v) is 18.3. The van der Waals surface area contributed by atoms with Crippen LogP contribution in [0.25, 0.3) is 11.5 Å². The van der Waals surface area contributed by atoms with E-state index in [1.807, 2.05) is 25.7 Å². The molecule has 12 heteroatoms. The monoisotopic (exact) mass is 445 g/mol. The van der Waals surface area contributed by atoms with Gasteiger partial charge in [-0.2, -0.15) is 18.3 Å². The van der Waals surface area contributed by atoms with E-state index in [4.69, 9.17) is 0 Å². The summed E-state index contributed by atoms with van der Waals surface area (Å²) in [6, 6.07) is 5.14. The number of fused-ring (bicyclic) bond motifs is 1. The van der Waals surface area contributed by atoms with Crippen LogP contribution >= 0.6 is 0 Å². The maximum absolute atomic E-state index is 13.7. The minimum absolute atomic E-state index is 0.0946. The molecule has 9 nitrogen and oxygen atoms in total. The van der Waals surface area contributed by atoms with Crippen molar-refractivity contribution >= 4 is 22.9 Å². The van der Waals surface area contributed by atoms with Crippen LogP contribution in [0.5, 0.6) is 0 Å². The Morgan fingerprint density at radius 2 is 1.78 bits per heavy atom. The highest BCUT2D eigenvalue weighted by Crippen LogP contribution is 2.29. The largest absolute Gasteiger partial charge is 0.437 e. The Kier molecular flexibility index (Phi) is 5.31. The van der Waals surface area contributed by atoms with Crippen molar-refractivity contribution in [3.63, 3.8) is 0 Å². The zero-order chi connectivity index (χ0) is 23.2. The lowest BCUT2D eigenvalue weighted by Crippen LogP contribution is -2.29. The van der Waals surface area contributed by atoms with Crippen LogP contribution in [0, 0.1) is 13.8 Å². The first-order valence-electron chi connectivity index (χ1n) is 10.1. The molecule has 0 amide bonds. The average Bonchev–Trinajstić information content (AvgIpc) is 3.38. The Labute approximate surface area is 182 Å². The van der Waals surface area contributed by atoms with Gasteiger partial charge in [0.1, 0.15) is 17.2 Å². The molecule has 0 aliphatic carbocycles. The van der Waals surface area contributed by atoms with E-state index in [9.17, 15) is 13.2 Å². The van der Waals surface area contributed by atoms with Crippen LogP contribution in [0.2, 0.25) is 0 Å². The molecule has 3 aromatic rings. The number of pyridine rings is 1. The van der Waals surface area contributed by atoms with Gasteiger partial charge in [0.25, 0.3) is 0 Å².